The summed E-state index contributed by atoms with van der Waals surface area (Å²) < 4.78 is 30.8. The van der Waals surface area contributed by atoms with Crippen LogP contribution in [-0.4, -0.2) is 66.5 Å². The van der Waals surface area contributed by atoms with E-state index in [2.05, 4.69) is 25.2 Å². The van der Waals surface area contributed by atoms with Gasteiger partial charge in [0, 0.05) is 44.3 Å². The van der Waals surface area contributed by atoms with Gasteiger partial charge < -0.3 is 20.3 Å². The van der Waals surface area contributed by atoms with Crippen molar-refractivity contribution < 1.29 is 13.2 Å². The minimum absolute atomic E-state index is 0. The number of halogens is 2. The fourth-order valence-corrected chi connectivity index (χ4v) is 3.67. The van der Waals surface area contributed by atoms with Crippen LogP contribution in [0.5, 0.6) is 5.75 Å². The largest absolute Gasteiger partial charge is 0.495 e. The number of aliphatic imine (C=N–C) groups is 1. The molecule has 1 aromatic rings. The van der Waals surface area contributed by atoms with Gasteiger partial charge in [-0.3, -0.25) is 4.99 Å². The van der Waals surface area contributed by atoms with Crippen LogP contribution in [0.4, 0.5) is 5.69 Å². The molecule has 8 nitrogen and oxygen atoms in total. The lowest BCUT2D eigenvalue weighted by atomic mass is 10.2. The molecule has 1 aliphatic rings. The maximum Gasteiger partial charge on any atom is 0.211 e. The van der Waals surface area contributed by atoms with Crippen molar-refractivity contribution >= 4 is 57.2 Å². The number of rotatable bonds is 8. The van der Waals surface area contributed by atoms with E-state index >= 15 is 0 Å². The third-order valence-electron chi connectivity index (χ3n) is 4.35. The molecule has 0 radical (unpaired) electrons. The molecule has 1 fully saturated rings. The molecule has 28 heavy (non-hydrogen) atoms. The maximum absolute atomic E-state index is 11.4. The van der Waals surface area contributed by atoms with Gasteiger partial charge in [-0.05, 0) is 31.5 Å². The zero-order valence-electron chi connectivity index (χ0n) is 16.4. The Morgan fingerprint density at radius 2 is 2.14 bits per heavy atom. The van der Waals surface area contributed by atoms with E-state index < -0.39 is 10.0 Å². The summed E-state index contributed by atoms with van der Waals surface area (Å²) in [5, 5.41) is 7.18. The van der Waals surface area contributed by atoms with Crippen LogP contribution >= 0.6 is 35.6 Å². The van der Waals surface area contributed by atoms with Crippen molar-refractivity contribution in [1.82, 2.24) is 15.4 Å². The molecule has 1 atom stereocenters. The van der Waals surface area contributed by atoms with Crippen molar-refractivity contribution in [3.63, 3.8) is 0 Å². The van der Waals surface area contributed by atoms with E-state index in [0.29, 0.717) is 24.1 Å². The van der Waals surface area contributed by atoms with Crippen LogP contribution in [0.2, 0.25) is 5.02 Å². The molecule has 1 unspecified atom stereocenters. The smallest absolute Gasteiger partial charge is 0.211 e. The van der Waals surface area contributed by atoms with Gasteiger partial charge >= 0.3 is 0 Å². The van der Waals surface area contributed by atoms with Crippen LogP contribution in [0.1, 0.15) is 13.3 Å². The van der Waals surface area contributed by atoms with E-state index in [0.717, 1.165) is 30.9 Å². The first-order valence-corrected chi connectivity index (χ1v) is 10.9. The molecule has 1 heterocycles. The summed E-state index contributed by atoms with van der Waals surface area (Å²) in [5.74, 6) is 1.52. The average Bonchev–Trinajstić information content (AvgIpc) is 3.12. The van der Waals surface area contributed by atoms with Crippen LogP contribution in [-0.2, 0) is 10.0 Å². The number of guanidine groups is 1. The van der Waals surface area contributed by atoms with Crippen molar-refractivity contribution in [2.75, 3.05) is 51.0 Å². The van der Waals surface area contributed by atoms with Crippen LogP contribution < -0.4 is 25.0 Å². The van der Waals surface area contributed by atoms with Crippen molar-refractivity contribution in [2.24, 2.45) is 4.99 Å². The molecule has 0 spiro atoms. The van der Waals surface area contributed by atoms with Gasteiger partial charge in [-0.1, -0.05) is 11.6 Å². The molecule has 0 saturated carbocycles. The molecule has 11 heteroatoms. The van der Waals surface area contributed by atoms with E-state index in [1.165, 1.54) is 0 Å². The fourth-order valence-electron chi connectivity index (χ4n) is 2.88. The highest BCUT2D eigenvalue weighted by Gasteiger charge is 2.25. The average molecular weight is 546 g/mol. The molecule has 0 amide bonds. The molecule has 1 aliphatic heterocycles. The quantitative estimate of drug-likeness (QED) is 0.199. The highest BCUT2D eigenvalue weighted by atomic mass is 127. The third-order valence-corrected chi connectivity index (χ3v) is 5.99. The molecular weight excluding hydrogens is 517 g/mol. The summed E-state index contributed by atoms with van der Waals surface area (Å²) in [6, 6.07) is 5.81. The van der Waals surface area contributed by atoms with Gasteiger partial charge in [-0.25, -0.2) is 13.1 Å². The van der Waals surface area contributed by atoms with Crippen LogP contribution in [0.3, 0.4) is 0 Å². The lowest BCUT2D eigenvalue weighted by molar-refractivity contribution is 0.415. The van der Waals surface area contributed by atoms with Gasteiger partial charge in [0.1, 0.15) is 5.75 Å². The first kappa shape index (κ1) is 25.1. The number of nitrogens with one attached hydrogen (secondary N) is 3. The van der Waals surface area contributed by atoms with Crippen LogP contribution in [0.25, 0.3) is 0 Å². The predicted molar refractivity (Wildman–Crippen MR) is 126 cm³/mol. The number of hydrogen-bond donors (Lipinski definition) is 3. The summed E-state index contributed by atoms with van der Waals surface area (Å²) in [4.78, 5) is 6.43. The lowest BCUT2D eigenvalue weighted by Gasteiger charge is -2.22. The summed E-state index contributed by atoms with van der Waals surface area (Å²) in [7, 11) is 0.168. The van der Waals surface area contributed by atoms with Gasteiger partial charge in [0.05, 0.1) is 18.6 Å². The Bertz CT molecular complexity index is 763. The molecule has 0 aromatic heterocycles. The van der Waals surface area contributed by atoms with E-state index in [4.69, 9.17) is 16.3 Å². The van der Waals surface area contributed by atoms with Gasteiger partial charge in [0.2, 0.25) is 10.0 Å². The Balaban J connectivity index is 0.00000392. The van der Waals surface area contributed by atoms with E-state index in [9.17, 15) is 8.42 Å². The Kier molecular flexibility index (Phi) is 10.6. The number of nitrogens with zero attached hydrogens (tertiary/aromatic N) is 2. The molecule has 160 valence electrons. The standard InChI is InChI=1S/C17H28ClN5O3S.HI/c1-4-27(24,25)21-9-8-20-17(19-2)22-14-7-10-23(12-14)15-11-13(18)5-6-16(15)26-3;/h5-6,11,14,21H,4,7-10,12H2,1-3H3,(H2,19,20,22);1H. The highest BCUT2D eigenvalue weighted by Crippen LogP contribution is 2.33. The topological polar surface area (TPSA) is 95.1 Å². The highest BCUT2D eigenvalue weighted by molar-refractivity contribution is 14.0. The summed E-state index contributed by atoms with van der Waals surface area (Å²) in [5.41, 5.74) is 0.978. The van der Waals surface area contributed by atoms with Gasteiger partial charge in [0.15, 0.2) is 5.96 Å². The summed E-state index contributed by atoms with van der Waals surface area (Å²) >= 11 is 6.13. The molecule has 2 rings (SSSR count). The van der Waals surface area contributed by atoms with Crippen molar-refractivity contribution in [3.8, 4) is 5.75 Å². The number of ether oxygens (including phenoxy) is 1. The second kappa shape index (κ2) is 11.9. The van der Waals surface area contributed by atoms with Crippen LogP contribution in [0, 0.1) is 0 Å². The van der Waals surface area contributed by atoms with Gasteiger partial charge in [0.25, 0.3) is 0 Å². The molecule has 1 aromatic carbocycles. The minimum atomic E-state index is -3.17. The van der Waals surface area contributed by atoms with Crippen molar-refractivity contribution in [3.05, 3.63) is 23.2 Å². The first-order valence-electron chi connectivity index (χ1n) is 8.91. The zero-order valence-corrected chi connectivity index (χ0v) is 20.3. The summed E-state index contributed by atoms with van der Waals surface area (Å²) in [6.07, 6.45) is 0.943. The molecule has 0 bridgehead atoms. The number of benzene rings is 1. The number of anilines is 1. The normalized spacial score (nSPS) is 17.2. The van der Waals surface area contributed by atoms with Crippen molar-refractivity contribution in [1.29, 1.82) is 0 Å². The Morgan fingerprint density at radius 1 is 1.39 bits per heavy atom. The fraction of sp³-hybridized carbons (Fsp3) is 0.588. The molecular formula is C17H29ClIN5O3S. The predicted octanol–water partition coefficient (Wildman–Crippen LogP) is 1.65. The van der Waals surface area contributed by atoms with E-state index in [1.807, 2.05) is 18.2 Å². The Morgan fingerprint density at radius 3 is 2.79 bits per heavy atom. The van der Waals surface area contributed by atoms with E-state index in [1.54, 1.807) is 21.1 Å². The third kappa shape index (κ3) is 7.45. The van der Waals surface area contributed by atoms with E-state index in [-0.39, 0.29) is 35.8 Å². The second-order valence-electron chi connectivity index (χ2n) is 6.19. The number of sulfonamides is 1. The monoisotopic (exact) mass is 545 g/mol. The Hall–Kier alpha value is -0.980. The Labute approximate surface area is 189 Å². The maximum atomic E-state index is 11.4. The zero-order chi connectivity index (χ0) is 19.9. The number of methoxy groups -OCH3 is 1. The lowest BCUT2D eigenvalue weighted by Crippen LogP contribution is -2.46. The second-order valence-corrected chi connectivity index (χ2v) is 8.72. The number of hydrogen-bond acceptors (Lipinski definition) is 5. The SMILES string of the molecule is CCS(=O)(=O)NCCNC(=NC)NC1CCN(c2cc(Cl)ccc2OC)C1.I. The molecule has 0 aliphatic carbocycles. The molecule has 3 N–H and O–H groups in total. The molecule has 1 saturated heterocycles. The summed E-state index contributed by atoms with van der Waals surface area (Å²) in [6.45, 7) is 4.05. The minimum Gasteiger partial charge on any atom is -0.495 e. The van der Waals surface area contributed by atoms with Gasteiger partial charge in [-0.15, -0.1) is 24.0 Å². The van der Waals surface area contributed by atoms with Gasteiger partial charge in [-0.2, -0.15) is 0 Å². The van der Waals surface area contributed by atoms with Crippen molar-refractivity contribution in [2.45, 2.75) is 19.4 Å². The first-order chi connectivity index (χ1) is 12.9. The van der Waals surface area contributed by atoms with Crippen LogP contribution in [0.15, 0.2) is 23.2 Å².